The van der Waals surface area contributed by atoms with E-state index in [0.717, 1.165) is 0 Å². The molecule has 0 saturated carbocycles. The van der Waals surface area contributed by atoms with E-state index in [1.54, 1.807) is 6.92 Å². The van der Waals surface area contributed by atoms with Gasteiger partial charge in [-0.15, -0.1) is 11.6 Å². The van der Waals surface area contributed by atoms with Crippen LogP contribution in [0.5, 0.6) is 0 Å². The highest BCUT2D eigenvalue weighted by molar-refractivity contribution is 8.00. The largest absolute Gasteiger partial charge is 0.280 e. The van der Waals surface area contributed by atoms with Gasteiger partial charge in [0.25, 0.3) is 0 Å². The SMILES string of the molecule is CS[C@H](C(=O)Cl)[C@H](C)Cl. The van der Waals surface area contributed by atoms with E-state index in [1.807, 2.05) is 6.26 Å². The fourth-order valence-corrected chi connectivity index (χ4v) is 1.96. The van der Waals surface area contributed by atoms with Gasteiger partial charge in [-0.2, -0.15) is 11.8 Å². The van der Waals surface area contributed by atoms with Gasteiger partial charge in [-0.05, 0) is 24.8 Å². The van der Waals surface area contributed by atoms with Crippen molar-refractivity contribution in [1.82, 2.24) is 0 Å². The summed E-state index contributed by atoms with van der Waals surface area (Å²) in [6.07, 6.45) is 1.81. The highest BCUT2D eigenvalue weighted by Gasteiger charge is 2.19. The molecule has 0 saturated heterocycles. The van der Waals surface area contributed by atoms with Gasteiger partial charge in [-0.25, -0.2) is 0 Å². The molecule has 0 aliphatic rings. The number of alkyl halides is 1. The number of rotatable bonds is 3. The van der Waals surface area contributed by atoms with Crippen LogP contribution in [0.15, 0.2) is 0 Å². The van der Waals surface area contributed by atoms with Crippen molar-refractivity contribution >= 4 is 40.2 Å². The molecule has 0 heterocycles. The van der Waals surface area contributed by atoms with E-state index in [0.29, 0.717) is 0 Å². The second kappa shape index (κ2) is 4.42. The fraction of sp³-hybridized carbons (Fsp3) is 0.800. The van der Waals surface area contributed by atoms with Gasteiger partial charge in [-0.1, -0.05) is 0 Å². The minimum atomic E-state index is -0.370. The van der Waals surface area contributed by atoms with Crippen molar-refractivity contribution in [1.29, 1.82) is 0 Å². The molecule has 1 nitrogen and oxygen atoms in total. The van der Waals surface area contributed by atoms with Gasteiger partial charge in [-0.3, -0.25) is 4.79 Å². The summed E-state index contributed by atoms with van der Waals surface area (Å²) in [5, 5.41) is -0.830. The lowest BCUT2D eigenvalue weighted by Crippen LogP contribution is -2.20. The fourth-order valence-electron chi connectivity index (χ4n) is 0.461. The summed E-state index contributed by atoms with van der Waals surface area (Å²) in [5.74, 6) is 0. The van der Waals surface area contributed by atoms with E-state index < -0.39 is 0 Å². The molecule has 0 rings (SSSR count). The lowest BCUT2D eigenvalue weighted by atomic mass is 10.3. The van der Waals surface area contributed by atoms with Crippen LogP contribution in [0.2, 0.25) is 0 Å². The number of carbonyl (C=O) groups is 1. The Hall–Kier alpha value is 0.600. The zero-order valence-corrected chi connectivity index (χ0v) is 7.56. The molecule has 0 aliphatic heterocycles. The summed E-state index contributed by atoms with van der Waals surface area (Å²) in [7, 11) is 0. The maximum atomic E-state index is 10.5. The van der Waals surface area contributed by atoms with Gasteiger partial charge in [0.2, 0.25) is 5.24 Å². The highest BCUT2D eigenvalue weighted by Crippen LogP contribution is 2.18. The molecule has 0 aromatic rings. The van der Waals surface area contributed by atoms with E-state index in [-0.39, 0.29) is 15.9 Å². The normalized spacial score (nSPS) is 16.9. The predicted octanol–water partition coefficient (Wildman–Crippen LogP) is 2.11. The lowest BCUT2D eigenvalue weighted by Gasteiger charge is -2.09. The minimum Gasteiger partial charge on any atom is -0.280 e. The Morgan fingerprint density at radius 2 is 2.11 bits per heavy atom. The Labute approximate surface area is 69.1 Å². The van der Waals surface area contributed by atoms with Crippen molar-refractivity contribution in [2.75, 3.05) is 6.26 Å². The Bertz CT molecular complexity index is 105. The van der Waals surface area contributed by atoms with Crippen LogP contribution in [0.4, 0.5) is 0 Å². The lowest BCUT2D eigenvalue weighted by molar-refractivity contribution is -0.111. The number of thioether (sulfide) groups is 1. The molecule has 0 unspecified atom stereocenters. The Balaban J connectivity index is 3.83. The van der Waals surface area contributed by atoms with Crippen molar-refractivity contribution in [2.45, 2.75) is 17.6 Å². The Morgan fingerprint density at radius 3 is 2.11 bits per heavy atom. The van der Waals surface area contributed by atoms with Crippen LogP contribution >= 0.6 is 35.0 Å². The quantitative estimate of drug-likeness (QED) is 0.497. The van der Waals surface area contributed by atoms with Crippen LogP contribution in [0.3, 0.4) is 0 Å². The second-order valence-corrected chi connectivity index (χ2v) is 3.68. The molecule has 2 atom stereocenters. The van der Waals surface area contributed by atoms with Crippen LogP contribution in [-0.4, -0.2) is 22.1 Å². The first-order valence-electron chi connectivity index (χ1n) is 2.45. The molecule has 0 spiro atoms. The van der Waals surface area contributed by atoms with Crippen molar-refractivity contribution in [3.63, 3.8) is 0 Å². The summed E-state index contributed by atoms with van der Waals surface area (Å²) in [5.41, 5.74) is 0. The second-order valence-electron chi connectivity index (χ2n) is 1.64. The van der Waals surface area contributed by atoms with E-state index in [2.05, 4.69) is 0 Å². The molecule has 0 fully saturated rings. The summed E-state index contributed by atoms with van der Waals surface area (Å²) in [6, 6.07) is 0. The molecular weight excluding hydrogens is 179 g/mol. The third-order valence-corrected chi connectivity index (χ3v) is 2.79. The van der Waals surface area contributed by atoms with Crippen molar-refractivity contribution in [2.24, 2.45) is 0 Å². The maximum absolute atomic E-state index is 10.5. The average Bonchev–Trinajstić information content (AvgIpc) is 1.64. The third kappa shape index (κ3) is 3.33. The maximum Gasteiger partial charge on any atom is 0.236 e. The molecule has 4 heteroatoms. The molecule has 0 aliphatic carbocycles. The molecule has 0 radical (unpaired) electrons. The first kappa shape index (κ1) is 9.60. The number of hydrogen-bond acceptors (Lipinski definition) is 2. The summed E-state index contributed by atoms with van der Waals surface area (Å²) >= 11 is 12.2. The summed E-state index contributed by atoms with van der Waals surface area (Å²) in [6.45, 7) is 1.75. The molecule has 0 bridgehead atoms. The average molecular weight is 187 g/mol. The smallest absolute Gasteiger partial charge is 0.236 e. The van der Waals surface area contributed by atoms with Crippen molar-refractivity contribution in [3.8, 4) is 0 Å². The molecule has 0 aromatic heterocycles. The van der Waals surface area contributed by atoms with Crippen LogP contribution in [-0.2, 0) is 4.79 Å². The standard InChI is InChI=1S/C5H8Cl2OS/c1-3(6)4(9-2)5(7)8/h3-4H,1-2H3/t3-,4-/m0/s1. The highest BCUT2D eigenvalue weighted by atomic mass is 35.5. The van der Waals surface area contributed by atoms with Gasteiger partial charge in [0.05, 0.1) is 10.6 Å². The number of carbonyl (C=O) groups excluding carboxylic acids is 1. The van der Waals surface area contributed by atoms with Crippen molar-refractivity contribution < 1.29 is 4.79 Å². The van der Waals surface area contributed by atoms with E-state index in [4.69, 9.17) is 23.2 Å². The van der Waals surface area contributed by atoms with Gasteiger partial charge < -0.3 is 0 Å². The topological polar surface area (TPSA) is 17.1 Å². The van der Waals surface area contributed by atoms with Crippen LogP contribution in [0.1, 0.15) is 6.92 Å². The molecule has 9 heavy (non-hydrogen) atoms. The Morgan fingerprint density at radius 1 is 1.67 bits per heavy atom. The number of halogens is 2. The summed E-state index contributed by atoms with van der Waals surface area (Å²) < 4.78 is 0. The molecule has 0 N–H and O–H groups in total. The Kier molecular flexibility index (Phi) is 4.72. The minimum absolute atomic E-state index is 0.190. The monoisotopic (exact) mass is 186 g/mol. The van der Waals surface area contributed by atoms with Gasteiger partial charge >= 0.3 is 0 Å². The van der Waals surface area contributed by atoms with Crippen LogP contribution in [0.25, 0.3) is 0 Å². The first-order valence-corrected chi connectivity index (χ1v) is 4.56. The van der Waals surface area contributed by atoms with Crippen LogP contribution in [0, 0.1) is 0 Å². The van der Waals surface area contributed by atoms with Gasteiger partial charge in [0.15, 0.2) is 0 Å². The van der Waals surface area contributed by atoms with Crippen LogP contribution < -0.4 is 0 Å². The zero-order chi connectivity index (χ0) is 7.44. The van der Waals surface area contributed by atoms with E-state index >= 15 is 0 Å². The molecular formula is C5H8Cl2OS. The van der Waals surface area contributed by atoms with E-state index in [1.165, 1.54) is 11.8 Å². The van der Waals surface area contributed by atoms with Gasteiger partial charge in [0, 0.05) is 0 Å². The van der Waals surface area contributed by atoms with Gasteiger partial charge in [0.1, 0.15) is 0 Å². The molecule has 0 amide bonds. The van der Waals surface area contributed by atoms with Crippen molar-refractivity contribution in [3.05, 3.63) is 0 Å². The predicted molar refractivity (Wildman–Crippen MR) is 43.5 cm³/mol. The van der Waals surface area contributed by atoms with E-state index in [9.17, 15) is 4.79 Å². The third-order valence-electron chi connectivity index (χ3n) is 0.895. The zero-order valence-electron chi connectivity index (χ0n) is 5.23. The summed E-state index contributed by atoms with van der Waals surface area (Å²) in [4.78, 5) is 10.5. The molecule has 0 aromatic carbocycles. The molecule has 54 valence electrons. The first-order chi connectivity index (χ1) is 4.09. The number of hydrogen-bond donors (Lipinski definition) is 0.